The molecule has 3 heterocycles. The maximum atomic E-state index is 12.6. The molecule has 1 aliphatic heterocycles. The summed E-state index contributed by atoms with van der Waals surface area (Å²) < 4.78 is 5.69. The molecular formula is C19H20N2O4. The Bertz CT molecular complexity index is 823. The third kappa shape index (κ3) is 3.07. The van der Waals surface area contributed by atoms with Crippen molar-refractivity contribution in [3.63, 3.8) is 0 Å². The highest BCUT2D eigenvalue weighted by Gasteiger charge is 2.47. The molecule has 2 aromatic rings. The Labute approximate surface area is 145 Å². The SMILES string of the molecule is CCCCN1C(=O)C(=O)/C(=C(\O)c2ccncc2)C1c1ccc(C)o1. The summed E-state index contributed by atoms with van der Waals surface area (Å²) >= 11 is 0. The summed E-state index contributed by atoms with van der Waals surface area (Å²) in [7, 11) is 0. The van der Waals surface area contributed by atoms with Gasteiger partial charge in [-0.15, -0.1) is 0 Å². The van der Waals surface area contributed by atoms with E-state index in [1.165, 1.54) is 17.3 Å². The summed E-state index contributed by atoms with van der Waals surface area (Å²) in [6, 6.07) is 6.00. The number of aryl methyl sites for hydroxylation is 1. The van der Waals surface area contributed by atoms with E-state index in [1.54, 1.807) is 31.2 Å². The smallest absolute Gasteiger partial charge is 0.295 e. The van der Waals surface area contributed by atoms with Crippen LogP contribution in [0.1, 0.15) is 42.9 Å². The lowest BCUT2D eigenvalue weighted by molar-refractivity contribution is -0.140. The minimum atomic E-state index is -0.714. The van der Waals surface area contributed by atoms with Crippen LogP contribution in [0.15, 0.2) is 46.6 Å². The number of nitrogens with zero attached hydrogens (tertiary/aromatic N) is 2. The number of ketones is 1. The lowest BCUT2D eigenvalue weighted by Gasteiger charge is -2.23. The molecule has 2 aromatic heterocycles. The number of aliphatic hydroxyl groups excluding tert-OH is 1. The number of amides is 1. The molecule has 1 atom stereocenters. The average molecular weight is 340 g/mol. The number of Topliss-reactive ketones (excluding diaryl/α,β-unsaturated/α-hetero) is 1. The first-order valence-electron chi connectivity index (χ1n) is 8.29. The van der Waals surface area contributed by atoms with Crippen LogP contribution in [0.2, 0.25) is 0 Å². The number of aromatic nitrogens is 1. The molecule has 0 spiro atoms. The number of pyridine rings is 1. The van der Waals surface area contributed by atoms with Crippen LogP contribution >= 0.6 is 0 Å². The van der Waals surface area contributed by atoms with Gasteiger partial charge in [0.05, 0.1) is 5.57 Å². The average Bonchev–Trinajstić information content (AvgIpc) is 3.15. The summed E-state index contributed by atoms with van der Waals surface area (Å²) in [6.45, 7) is 4.24. The molecule has 130 valence electrons. The first-order chi connectivity index (χ1) is 12.0. The van der Waals surface area contributed by atoms with E-state index < -0.39 is 17.7 Å². The zero-order valence-electron chi connectivity index (χ0n) is 14.2. The Morgan fingerprint density at radius 3 is 2.56 bits per heavy atom. The summed E-state index contributed by atoms with van der Waals surface area (Å²) in [5.74, 6) is -0.352. The number of furan rings is 1. The Balaban J connectivity index is 2.14. The Morgan fingerprint density at radius 1 is 1.24 bits per heavy atom. The van der Waals surface area contributed by atoms with E-state index >= 15 is 0 Å². The number of carbonyl (C=O) groups is 2. The van der Waals surface area contributed by atoms with Gasteiger partial charge in [0.2, 0.25) is 0 Å². The van der Waals surface area contributed by atoms with E-state index in [0.29, 0.717) is 23.6 Å². The Hall–Kier alpha value is -2.89. The van der Waals surface area contributed by atoms with Crippen LogP contribution in [0, 0.1) is 6.92 Å². The van der Waals surface area contributed by atoms with Gasteiger partial charge in [-0.05, 0) is 37.6 Å². The molecule has 1 aliphatic rings. The Kier molecular flexibility index (Phi) is 4.70. The fourth-order valence-electron chi connectivity index (χ4n) is 3.00. The normalized spacial score (nSPS) is 19.6. The van der Waals surface area contributed by atoms with Gasteiger partial charge < -0.3 is 14.4 Å². The molecule has 0 aromatic carbocycles. The molecule has 6 heteroatoms. The molecule has 0 aliphatic carbocycles. The number of hydrogen-bond donors (Lipinski definition) is 1. The summed E-state index contributed by atoms with van der Waals surface area (Å²) in [4.78, 5) is 30.5. The van der Waals surface area contributed by atoms with E-state index in [2.05, 4.69) is 4.98 Å². The maximum absolute atomic E-state index is 12.6. The van der Waals surface area contributed by atoms with Crippen LogP contribution < -0.4 is 0 Å². The van der Waals surface area contributed by atoms with Gasteiger partial charge in [0, 0.05) is 24.5 Å². The third-order valence-electron chi connectivity index (χ3n) is 4.28. The molecule has 3 rings (SSSR count). The van der Waals surface area contributed by atoms with Crippen molar-refractivity contribution in [2.75, 3.05) is 6.54 Å². The number of hydrogen-bond acceptors (Lipinski definition) is 5. The molecular weight excluding hydrogens is 320 g/mol. The maximum Gasteiger partial charge on any atom is 0.295 e. The van der Waals surface area contributed by atoms with Crippen molar-refractivity contribution in [2.45, 2.75) is 32.7 Å². The van der Waals surface area contributed by atoms with Crippen LogP contribution in [-0.2, 0) is 9.59 Å². The summed E-state index contributed by atoms with van der Waals surface area (Å²) in [5.41, 5.74) is 0.499. The van der Waals surface area contributed by atoms with E-state index in [0.717, 1.165) is 12.8 Å². The van der Waals surface area contributed by atoms with Crippen molar-refractivity contribution in [3.8, 4) is 0 Å². The van der Waals surface area contributed by atoms with Gasteiger partial charge in [-0.25, -0.2) is 0 Å². The number of carbonyl (C=O) groups excluding carboxylic acids is 2. The molecule has 1 unspecified atom stereocenters. The minimum Gasteiger partial charge on any atom is -0.507 e. The zero-order chi connectivity index (χ0) is 18.0. The first-order valence-corrected chi connectivity index (χ1v) is 8.29. The van der Waals surface area contributed by atoms with Crippen LogP contribution in [-0.4, -0.2) is 33.2 Å². The fraction of sp³-hybridized carbons (Fsp3) is 0.316. The summed E-state index contributed by atoms with van der Waals surface area (Å²) in [6.07, 6.45) is 4.69. The van der Waals surface area contributed by atoms with Gasteiger partial charge in [0.15, 0.2) is 0 Å². The van der Waals surface area contributed by atoms with Crippen molar-refractivity contribution in [1.82, 2.24) is 9.88 Å². The topological polar surface area (TPSA) is 83.6 Å². The number of unbranched alkanes of at least 4 members (excludes halogenated alkanes) is 1. The van der Waals surface area contributed by atoms with Gasteiger partial charge in [-0.1, -0.05) is 13.3 Å². The van der Waals surface area contributed by atoms with Crippen LogP contribution in [0.3, 0.4) is 0 Å². The highest BCUT2D eigenvalue weighted by Crippen LogP contribution is 2.39. The number of aliphatic hydroxyl groups is 1. The Morgan fingerprint density at radius 2 is 1.96 bits per heavy atom. The van der Waals surface area contributed by atoms with Gasteiger partial charge in [0.25, 0.3) is 11.7 Å². The minimum absolute atomic E-state index is 0.0571. The molecule has 1 N–H and O–H groups in total. The van der Waals surface area contributed by atoms with Crippen molar-refractivity contribution < 1.29 is 19.1 Å². The van der Waals surface area contributed by atoms with Gasteiger partial charge in [-0.3, -0.25) is 14.6 Å². The molecule has 1 saturated heterocycles. The largest absolute Gasteiger partial charge is 0.507 e. The summed E-state index contributed by atoms with van der Waals surface area (Å²) in [5, 5.41) is 10.7. The van der Waals surface area contributed by atoms with Crippen molar-refractivity contribution in [3.05, 3.63) is 59.3 Å². The molecule has 6 nitrogen and oxygen atoms in total. The third-order valence-corrected chi connectivity index (χ3v) is 4.28. The quantitative estimate of drug-likeness (QED) is 0.513. The van der Waals surface area contributed by atoms with Gasteiger partial charge >= 0.3 is 0 Å². The lowest BCUT2D eigenvalue weighted by atomic mass is 10.00. The van der Waals surface area contributed by atoms with Crippen molar-refractivity contribution >= 4 is 17.4 Å². The van der Waals surface area contributed by atoms with E-state index in [4.69, 9.17) is 4.42 Å². The molecule has 1 fully saturated rings. The zero-order valence-corrected chi connectivity index (χ0v) is 14.2. The van der Waals surface area contributed by atoms with Crippen LogP contribution in [0.4, 0.5) is 0 Å². The van der Waals surface area contributed by atoms with Crippen molar-refractivity contribution in [1.29, 1.82) is 0 Å². The molecule has 0 saturated carbocycles. The van der Waals surface area contributed by atoms with Crippen LogP contribution in [0.25, 0.3) is 5.76 Å². The van der Waals surface area contributed by atoms with Crippen LogP contribution in [0.5, 0.6) is 0 Å². The molecule has 0 radical (unpaired) electrons. The predicted octanol–water partition coefficient (Wildman–Crippen LogP) is 3.20. The molecule has 0 bridgehead atoms. The fourth-order valence-corrected chi connectivity index (χ4v) is 3.00. The van der Waals surface area contributed by atoms with Gasteiger partial charge in [-0.2, -0.15) is 0 Å². The first kappa shape index (κ1) is 17.0. The number of rotatable bonds is 5. The van der Waals surface area contributed by atoms with E-state index in [1.807, 2.05) is 6.92 Å². The second kappa shape index (κ2) is 6.93. The predicted molar refractivity (Wildman–Crippen MR) is 91.6 cm³/mol. The van der Waals surface area contributed by atoms with E-state index in [9.17, 15) is 14.7 Å². The van der Waals surface area contributed by atoms with Gasteiger partial charge in [0.1, 0.15) is 23.3 Å². The molecule has 1 amide bonds. The second-order valence-electron chi connectivity index (χ2n) is 6.03. The molecule has 25 heavy (non-hydrogen) atoms. The monoisotopic (exact) mass is 340 g/mol. The second-order valence-corrected chi connectivity index (χ2v) is 6.03. The van der Waals surface area contributed by atoms with E-state index in [-0.39, 0.29) is 11.3 Å². The lowest BCUT2D eigenvalue weighted by Crippen LogP contribution is -2.30. The standard InChI is InChI=1S/C19H20N2O4/c1-3-4-11-21-16(14-6-5-12(2)25-14)15(18(23)19(21)24)17(22)13-7-9-20-10-8-13/h5-10,16,22H,3-4,11H2,1-2H3/b17-15-. The number of likely N-dealkylation sites (tertiary alicyclic amines) is 1. The highest BCUT2D eigenvalue weighted by atomic mass is 16.3. The highest BCUT2D eigenvalue weighted by molar-refractivity contribution is 6.46. The van der Waals surface area contributed by atoms with Crippen molar-refractivity contribution in [2.24, 2.45) is 0 Å².